The number of fused-ring (bicyclic) bond motifs is 1. The molecule has 1 amide bonds. The summed E-state index contributed by atoms with van der Waals surface area (Å²) in [4.78, 5) is 39.3. The van der Waals surface area contributed by atoms with Gasteiger partial charge >= 0.3 is 0 Å². The number of nitrogens with zero attached hydrogens (tertiary/aromatic N) is 3. The van der Waals surface area contributed by atoms with E-state index in [1.54, 1.807) is 13.0 Å². The Labute approximate surface area is 253 Å². The van der Waals surface area contributed by atoms with E-state index in [1.165, 1.54) is 21.6 Å². The molecule has 240 valence electrons. The first-order valence-electron chi connectivity index (χ1n) is 15.0. The summed E-state index contributed by atoms with van der Waals surface area (Å²) in [6.45, 7) is 15.6. The van der Waals surface area contributed by atoms with Crippen molar-refractivity contribution in [2.24, 2.45) is 0 Å². The van der Waals surface area contributed by atoms with E-state index >= 15 is 4.39 Å². The number of aryl methyl sites for hydroxylation is 1. The second-order valence-corrected chi connectivity index (χ2v) is 12.0. The number of ether oxygens (including phenoxy) is 1. The van der Waals surface area contributed by atoms with Gasteiger partial charge < -0.3 is 29.5 Å². The summed E-state index contributed by atoms with van der Waals surface area (Å²) in [5, 5.41) is 13.6. The van der Waals surface area contributed by atoms with E-state index in [-0.39, 0.29) is 35.6 Å². The number of likely N-dealkylation sites (tertiary alicyclic amines) is 1. The Morgan fingerprint density at radius 3 is 2.42 bits per heavy atom. The fraction of sp³-hybridized carbons (Fsp3) is 0.594. The maximum absolute atomic E-state index is 15.3. The summed E-state index contributed by atoms with van der Waals surface area (Å²) in [6.07, 6.45) is 3.13. The summed E-state index contributed by atoms with van der Waals surface area (Å²) < 4.78 is 35.6. The molecule has 43 heavy (non-hydrogen) atoms. The third kappa shape index (κ3) is 9.34. The van der Waals surface area contributed by atoms with E-state index in [0.717, 1.165) is 19.4 Å². The third-order valence-electron chi connectivity index (χ3n) is 7.03. The Bertz CT molecular complexity index is 1320. The maximum atomic E-state index is 15.3. The molecule has 0 unspecified atom stereocenters. The molecule has 2 aliphatic rings. The lowest BCUT2D eigenvalue weighted by Crippen LogP contribution is -2.67. The van der Waals surface area contributed by atoms with Crippen molar-refractivity contribution in [1.29, 1.82) is 0 Å². The van der Waals surface area contributed by atoms with Crippen LogP contribution in [0.5, 0.6) is 0 Å². The largest absolute Gasteiger partial charge is 0.462 e. The summed E-state index contributed by atoms with van der Waals surface area (Å²) >= 11 is 0. The van der Waals surface area contributed by atoms with Crippen LogP contribution in [0.25, 0.3) is 0 Å². The number of halogens is 2. The Morgan fingerprint density at radius 1 is 1.23 bits per heavy atom. The molecule has 4 rings (SSSR count). The number of amides is 1. The Kier molecular flexibility index (Phi) is 12.9. The lowest BCUT2D eigenvalue weighted by molar-refractivity contribution is -0.138. The van der Waals surface area contributed by atoms with Gasteiger partial charge in [0.25, 0.3) is 17.9 Å². The number of aromatic nitrogens is 1. The van der Waals surface area contributed by atoms with Crippen LogP contribution in [0.1, 0.15) is 82.4 Å². The van der Waals surface area contributed by atoms with Crippen LogP contribution in [-0.2, 0) is 22.5 Å². The van der Waals surface area contributed by atoms with Crippen molar-refractivity contribution in [3.63, 3.8) is 0 Å². The van der Waals surface area contributed by atoms with Gasteiger partial charge in [0, 0.05) is 18.8 Å². The summed E-state index contributed by atoms with van der Waals surface area (Å²) in [5.74, 6) is -2.18. The molecule has 0 bridgehead atoms. The van der Waals surface area contributed by atoms with Crippen molar-refractivity contribution in [2.75, 3.05) is 38.5 Å². The molecule has 1 aromatic heterocycles. The minimum atomic E-state index is -1.11. The molecule has 0 radical (unpaired) electrons. The number of carbonyl (C=O) groups is 2. The van der Waals surface area contributed by atoms with E-state index in [1.807, 2.05) is 46.6 Å². The molecule has 1 saturated heterocycles. The maximum Gasteiger partial charge on any atom is 0.293 e. The Hall–Kier alpha value is -3.31. The normalized spacial score (nSPS) is 14.9. The molecule has 0 aliphatic carbocycles. The molecular weight excluding hydrogens is 558 g/mol. The van der Waals surface area contributed by atoms with Gasteiger partial charge in [-0.2, -0.15) is 4.39 Å². The minimum absolute atomic E-state index is 0.0152. The first-order chi connectivity index (χ1) is 20.2. The second kappa shape index (κ2) is 15.4. The number of benzene rings is 1. The lowest BCUT2D eigenvalue weighted by Gasteiger charge is -2.48. The number of unbranched alkanes of at least 4 members (excludes halogenated alkanes) is 1. The average molecular weight is 607 g/mol. The number of aliphatic hydroxyl groups is 1. The van der Waals surface area contributed by atoms with Crippen LogP contribution in [0, 0.1) is 18.6 Å². The van der Waals surface area contributed by atoms with E-state index in [2.05, 4.69) is 17.0 Å². The van der Waals surface area contributed by atoms with Crippen molar-refractivity contribution in [3.05, 3.63) is 57.0 Å². The average Bonchev–Trinajstić information content (AvgIpc) is 3.41. The molecule has 0 atom stereocenters. The van der Waals surface area contributed by atoms with Gasteiger partial charge in [0.05, 0.1) is 30.0 Å². The van der Waals surface area contributed by atoms with E-state index in [4.69, 9.17) is 0 Å². The van der Waals surface area contributed by atoms with Gasteiger partial charge in [-0.05, 0) is 78.2 Å². The van der Waals surface area contributed by atoms with Gasteiger partial charge in [-0.15, -0.1) is 0 Å². The van der Waals surface area contributed by atoms with Gasteiger partial charge in [0.15, 0.2) is 0 Å². The number of hydrogen-bond donors (Lipinski definition) is 2. The molecule has 2 aromatic rings. The van der Waals surface area contributed by atoms with Crippen LogP contribution in [0.3, 0.4) is 0 Å². The fourth-order valence-corrected chi connectivity index (χ4v) is 5.06. The number of β-amino-alcohol motifs (C(OH)–C–C–N with tert-alkyl or cyclic N) is 1. The Balaban J connectivity index is 0.000000631. The van der Waals surface area contributed by atoms with Crippen molar-refractivity contribution in [1.82, 2.24) is 14.4 Å². The molecular formula is C32H48F2N4O5. The van der Waals surface area contributed by atoms with Crippen molar-refractivity contribution in [2.45, 2.75) is 91.9 Å². The monoisotopic (exact) mass is 606 g/mol. The number of carbonyl (C=O) groups excluding carboxylic acids is 2. The summed E-state index contributed by atoms with van der Waals surface area (Å²) in [5.41, 5.74) is -1.32. The van der Waals surface area contributed by atoms with Gasteiger partial charge in [-0.25, -0.2) is 4.39 Å². The first kappa shape index (κ1) is 35.9. The molecule has 1 aromatic carbocycles. The highest BCUT2D eigenvalue weighted by molar-refractivity contribution is 6.02. The molecule has 1 fully saturated rings. The quantitative estimate of drug-likeness (QED) is 0.386. The first-order valence-corrected chi connectivity index (χ1v) is 15.0. The van der Waals surface area contributed by atoms with Crippen molar-refractivity contribution in [3.8, 4) is 0 Å². The van der Waals surface area contributed by atoms with Gasteiger partial charge in [-0.3, -0.25) is 14.4 Å². The van der Waals surface area contributed by atoms with E-state index < -0.39 is 28.7 Å². The van der Waals surface area contributed by atoms with Crippen LogP contribution < -0.4 is 10.9 Å². The molecule has 0 saturated carbocycles. The lowest BCUT2D eigenvalue weighted by atomic mass is 9.91. The highest BCUT2D eigenvalue weighted by atomic mass is 19.1. The summed E-state index contributed by atoms with van der Waals surface area (Å²) in [7, 11) is 1.93. The Morgan fingerprint density at radius 2 is 1.88 bits per heavy atom. The van der Waals surface area contributed by atoms with Crippen LogP contribution in [0.2, 0.25) is 0 Å². The van der Waals surface area contributed by atoms with Crippen LogP contribution in [-0.4, -0.2) is 76.3 Å². The molecule has 2 N–H and O–H groups in total. The molecule has 11 heteroatoms. The number of pyridine rings is 1. The number of hydrogen-bond acceptors (Lipinski definition) is 7. The van der Waals surface area contributed by atoms with E-state index in [9.17, 15) is 23.9 Å². The SMILES string of the molecule is CC.CC(C)(C)OC=O.CCCCN(C)CC1(O)CN(C(=O)c2c(Nc3ccc(C)cc3F)c(F)c(=O)n3c2CCC3)C1. The predicted molar refractivity (Wildman–Crippen MR) is 165 cm³/mol. The van der Waals surface area contributed by atoms with Gasteiger partial charge in [0.1, 0.15) is 17.0 Å². The number of rotatable bonds is 9. The zero-order valence-corrected chi connectivity index (χ0v) is 26.9. The number of nitrogens with one attached hydrogen (secondary N) is 1. The third-order valence-corrected chi connectivity index (χ3v) is 7.03. The predicted octanol–water partition coefficient (Wildman–Crippen LogP) is 5.03. The smallest absolute Gasteiger partial charge is 0.293 e. The molecule has 0 spiro atoms. The van der Waals surface area contributed by atoms with Crippen LogP contribution in [0.4, 0.5) is 20.2 Å². The van der Waals surface area contributed by atoms with Crippen molar-refractivity contribution >= 4 is 23.8 Å². The minimum Gasteiger partial charge on any atom is -0.462 e. The zero-order valence-electron chi connectivity index (χ0n) is 26.9. The fourth-order valence-electron chi connectivity index (χ4n) is 5.06. The summed E-state index contributed by atoms with van der Waals surface area (Å²) in [6, 6.07) is 4.42. The number of likely N-dealkylation sites (N-methyl/N-ethyl adjacent to an activating group) is 1. The van der Waals surface area contributed by atoms with Crippen LogP contribution >= 0.6 is 0 Å². The highest BCUT2D eigenvalue weighted by Crippen LogP contribution is 2.33. The number of anilines is 2. The van der Waals surface area contributed by atoms with Gasteiger partial charge in [-0.1, -0.05) is 33.3 Å². The topological polar surface area (TPSA) is 104 Å². The van der Waals surface area contributed by atoms with Gasteiger partial charge in [0.2, 0.25) is 5.82 Å². The molecule has 3 heterocycles. The van der Waals surface area contributed by atoms with E-state index in [0.29, 0.717) is 43.7 Å². The molecule has 2 aliphatic heterocycles. The van der Waals surface area contributed by atoms with Crippen LogP contribution in [0.15, 0.2) is 23.0 Å². The zero-order chi connectivity index (χ0) is 32.5. The second-order valence-electron chi connectivity index (χ2n) is 12.0. The highest BCUT2D eigenvalue weighted by Gasteiger charge is 2.46. The standard InChI is InChI=1S/C25H32F2N4O3.C5H10O2.C2H6/c1-4-5-10-29(3)13-25(34)14-30(15-25)23(32)20-19-7-6-11-31(19)24(33)21(27)22(20)28-18-9-8-16(2)12-17(18)26;1-5(2,3)7-4-6;1-2/h8-9,12,28,34H,4-7,10-11,13-15H2,1-3H3;4H,1-3H3;1-2H3. The molecule has 9 nitrogen and oxygen atoms in total. The van der Waals surface area contributed by atoms with Crippen molar-refractivity contribution < 1.29 is 28.2 Å².